The zero-order chi connectivity index (χ0) is 34.9. The lowest BCUT2D eigenvalue weighted by atomic mass is 10.1. The third-order valence-electron chi connectivity index (χ3n) is 7.39. The Labute approximate surface area is 293 Å². The molecule has 5 aromatic rings. The fourth-order valence-corrected chi connectivity index (χ4v) is 6.47. The number of thiazole rings is 1. The maximum atomic E-state index is 13.5. The topological polar surface area (TPSA) is 119 Å². The van der Waals surface area contributed by atoms with Gasteiger partial charge in [-0.05, 0) is 80.9 Å². The number of nitrogens with one attached hydrogen (secondary N) is 3. The van der Waals surface area contributed by atoms with E-state index in [0.717, 1.165) is 21.0 Å². The van der Waals surface area contributed by atoms with Gasteiger partial charge in [-0.1, -0.05) is 54.1 Å². The predicted molar refractivity (Wildman–Crippen MR) is 197 cm³/mol. The van der Waals surface area contributed by atoms with Crippen molar-refractivity contribution in [3.05, 3.63) is 124 Å². The number of hydrogen-bond acceptors (Lipinski definition) is 8. The summed E-state index contributed by atoms with van der Waals surface area (Å²) in [6.45, 7) is 5.86. The van der Waals surface area contributed by atoms with Crippen LogP contribution in [0.1, 0.15) is 33.3 Å². The highest BCUT2D eigenvalue weighted by molar-refractivity contribution is 8.00. The van der Waals surface area contributed by atoms with Crippen LogP contribution in [0.4, 0.5) is 10.8 Å². The molecule has 4 aromatic carbocycles. The van der Waals surface area contributed by atoms with Gasteiger partial charge in [0.05, 0.1) is 25.2 Å². The first-order valence-electron chi connectivity index (χ1n) is 15.4. The van der Waals surface area contributed by atoms with Crippen molar-refractivity contribution >= 4 is 57.7 Å². The summed E-state index contributed by atoms with van der Waals surface area (Å²) in [6.07, 6.45) is 1.57. The molecule has 0 bridgehead atoms. The fraction of sp³-hybridized carbons (Fsp3) is 0.158. The molecular formula is C38H36N4O5S2. The van der Waals surface area contributed by atoms with Crippen molar-refractivity contribution in [2.75, 3.05) is 24.9 Å². The molecule has 0 saturated carbocycles. The minimum Gasteiger partial charge on any atom is -0.493 e. The van der Waals surface area contributed by atoms with Crippen LogP contribution in [0.15, 0.2) is 108 Å². The molecule has 0 spiro atoms. The molecule has 5 rings (SSSR count). The van der Waals surface area contributed by atoms with Crippen molar-refractivity contribution in [1.82, 2.24) is 10.3 Å². The lowest BCUT2D eigenvalue weighted by Gasteiger charge is -2.13. The summed E-state index contributed by atoms with van der Waals surface area (Å²) < 4.78 is 10.7. The molecule has 250 valence electrons. The van der Waals surface area contributed by atoms with E-state index in [1.165, 1.54) is 42.9 Å². The van der Waals surface area contributed by atoms with Gasteiger partial charge in [0.15, 0.2) is 16.6 Å². The van der Waals surface area contributed by atoms with Gasteiger partial charge in [0.1, 0.15) is 5.70 Å². The van der Waals surface area contributed by atoms with Crippen LogP contribution in [0.5, 0.6) is 11.5 Å². The van der Waals surface area contributed by atoms with Crippen molar-refractivity contribution < 1.29 is 23.9 Å². The molecule has 3 N–H and O–H groups in total. The van der Waals surface area contributed by atoms with E-state index in [1.807, 2.05) is 63.2 Å². The van der Waals surface area contributed by atoms with E-state index in [1.54, 1.807) is 60.7 Å². The zero-order valence-electron chi connectivity index (χ0n) is 27.7. The molecule has 0 aliphatic heterocycles. The molecule has 0 fully saturated rings. The molecule has 0 saturated heterocycles. The number of aromatic nitrogens is 1. The van der Waals surface area contributed by atoms with Gasteiger partial charge in [-0.15, -0.1) is 23.1 Å². The summed E-state index contributed by atoms with van der Waals surface area (Å²) in [7, 11) is 3.06. The van der Waals surface area contributed by atoms with E-state index < -0.39 is 17.1 Å². The van der Waals surface area contributed by atoms with Gasteiger partial charge in [-0.25, -0.2) is 4.98 Å². The van der Waals surface area contributed by atoms with Gasteiger partial charge >= 0.3 is 0 Å². The normalized spacial score (nSPS) is 11.7. The molecular weight excluding hydrogens is 657 g/mol. The standard InChI is InChI=1S/C38H36N4O5S2/c1-23-11-14-27(15-12-23)34-24(2)49-38(41-34)42-35(43)25(3)48-30-18-16-29(17-19-30)39-37(45)31(40-36(44)28-9-7-6-8-10-28)21-26-13-20-32(46-4)33(22-26)47-5/h6-22,25H,1-5H3,(H,39,45)(H,40,44)(H,41,42,43)/b31-21-. The van der Waals surface area contributed by atoms with E-state index in [0.29, 0.717) is 33.4 Å². The average Bonchev–Trinajstić information content (AvgIpc) is 3.48. The lowest BCUT2D eigenvalue weighted by Crippen LogP contribution is -2.30. The van der Waals surface area contributed by atoms with E-state index in [4.69, 9.17) is 9.47 Å². The van der Waals surface area contributed by atoms with Gasteiger partial charge in [0.25, 0.3) is 11.8 Å². The maximum Gasteiger partial charge on any atom is 0.272 e. The van der Waals surface area contributed by atoms with Crippen LogP contribution in [-0.4, -0.2) is 42.2 Å². The van der Waals surface area contributed by atoms with Gasteiger partial charge < -0.3 is 25.4 Å². The molecule has 3 amide bonds. The Bertz CT molecular complexity index is 1970. The number of ether oxygens (including phenoxy) is 2. The Balaban J connectivity index is 1.25. The van der Waals surface area contributed by atoms with E-state index in [9.17, 15) is 14.4 Å². The molecule has 1 heterocycles. The molecule has 1 aromatic heterocycles. The Hall–Kier alpha value is -5.39. The van der Waals surface area contributed by atoms with Crippen LogP contribution in [-0.2, 0) is 9.59 Å². The Morgan fingerprint density at radius 2 is 1.53 bits per heavy atom. The maximum absolute atomic E-state index is 13.5. The number of hydrogen-bond donors (Lipinski definition) is 3. The summed E-state index contributed by atoms with van der Waals surface area (Å²) in [5.74, 6) is -0.0909. The number of methoxy groups -OCH3 is 2. The Kier molecular flexibility index (Phi) is 11.5. The number of rotatable bonds is 12. The first-order chi connectivity index (χ1) is 23.6. The number of thioether (sulfide) groups is 1. The fourth-order valence-electron chi connectivity index (χ4n) is 4.76. The second-order valence-electron chi connectivity index (χ2n) is 11.0. The van der Waals surface area contributed by atoms with Crippen LogP contribution < -0.4 is 25.4 Å². The van der Waals surface area contributed by atoms with Gasteiger partial charge in [-0.3, -0.25) is 14.4 Å². The minimum atomic E-state index is -0.518. The second kappa shape index (κ2) is 16.1. The number of nitrogens with zero attached hydrogens (tertiary/aromatic N) is 1. The molecule has 9 nitrogen and oxygen atoms in total. The van der Waals surface area contributed by atoms with E-state index >= 15 is 0 Å². The number of aryl methyl sites for hydroxylation is 2. The first-order valence-corrected chi connectivity index (χ1v) is 17.1. The molecule has 1 atom stereocenters. The lowest BCUT2D eigenvalue weighted by molar-refractivity contribution is -0.115. The van der Waals surface area contributed by atoms with E-state index in [-0.39, 0.29) is 11.6 Å². The Morgan fingerprint density at radius 1 is 0.837 bits per heavy atom. The molecule has 0 aliphatic carbocycles. The summed E-state index contributed by atoms with van der Waals surface area (Å²) >= 11 is 2.84. The third-order valence-corrected chi connectivity index (χ3v) is 9.39. The van der Waals surface area contributed by atoms with Crippen LogP contribution in [0.2, 0.25) is 0 Å². The number of benzene rings is 4. The largest absolute Gasteiger partial charge is 0.493 e. The van der Waals surface area contributed by atoms with E-state index in [2.05, 4.69) is 20.9 Å². The number of carbonyl (C=O) groups excluding carboxylic acids is 3. The molecule has 49 heavy (non-hydrogen) atoms. The smallest absolute Gasteiger partial charge is 0.272 e. The quantitative estimate of drug-likeness (QED) is 0.0897. The minimum absolute atomic E-state index is 0.0350. The van der Waals surface area contributed by atoms with Crippen LogP contribution in [0.25, 0.3) is 17.3 Å². The van der Waals surface area contributed by atoms with Gasteiger partial charge in [-0.2, -0.15) is 0 Å². The van der Waals surface area contributed by atoms with Crippen LogP contribution in [0.3, 0.4) is 0 Å². The second-order valence-corrected chi connectivity index (χ2v) is 13.6. The summed E-state index contributed by atoms with van der Waals surface area (Å²) in [4.78, 5) is 46.1. The number of anilines is 2. The highest BCUT2D eigenvalue weighted by Crippen LogP contribution is 2.32. The molecule has 0 aliphatic rings. The Morgan fingerprint density at radius 3 is 2.20 bits per heavy atom. The molecule has 11 heteroatoms. The SMILES string of the molecule is COc1ccc(/C=C(\NC(=O)c2ccccc2)C(=O)Nc2ccc(SC(C)C(=O)Nc3nc(-c4ccc(C)cc4)c(C)s3)cc2)cc1OC. The predicted octanol–water partition coefficient (Wildman–Crippen LogP) is 7.97. The summed E-state index contributed by atoms with van der Waals surface area (Å²) in [5, 5.41) is 8.70. The monoisotopic (exact) mass is 692 g/mol. The summed E-state index contributed by atoms with van der Waals surface area (Å²) in [6, 6.07) is 29.1. The van der Waals surface area contributed by atoms with Crippen molar-refractivity contribution in [1.29, 1.82) is 0 Å². The first kappa shape index (κ1) is 34.9. The molecule has 0 radical (unpaired) electrons. The highest BCUT2D eigenvalue weighted by atomic mass is 32.2. The third kappa shape index (κ3) is 9.16. The number of carbonyl (C=O) groups is 3. The van der Waals surface area contributed by atoms with Crippen molar-refractivity contribution in [3.8, 4) is 22.8 Å². The van der Waals surface area contributed by atoms with Crippen molar-refractivity contribution in [2.24, 2.45) is 0 Å². The highest BCUT2D eigenvalue weighted by Gasteiger charge is 2.19. The van der Waals surface area contributed by atoms with Crippen molar-refractivity contribution in [2.45, 2.75) is 30.9 Å². The average molecular weight is 693 g/mol. The van der Waals surface area contributed by atoms with Crippen molar-refractivity contribution in [3.63, 3.8) is 0 Å². The zero-order valence-corrected chi connectivity index (χ0v) is 29.3. The van der Waals surface area contributed by atoms with Gasteiger partial charge in [0.2, 0.25) is 5.91 Å². The number of amides is 3. The summed E-state index contributed by atoms with van der Waals surface area (Å²) in [5.41, 5.74) is 4.62. The molecule has 1 unspecified atom stereocenters. The van der Waals surface area contributed by atoms with Crippen LogP contribution in [0, 0.1) is 13.8 Å². The van der Waals surface area contributed by atoms with Gasteiger partial charge in [0, 0.05) is 26.6 Å². The van der Waals surface area contributed by atoms with Crippen LogP contribution >= 0.6 is 23.1 Å².